The standard InChI is InChI=1S/C8H16N2O2/c1-10-7(11)12-6-8(9)4-2-3-5-8/h2-6,9H2,1H3,(H,10,11). The van der Waals surface area contributed by atoms with Crippen molar-refractivity contribution in [2.45, 2.75) is 31.2 Å². The van der Waals surface area contributed by atoms with Gasteiger partial charge in [-0.3, -0.25) is 0 Å². The molecule has 0 unspecified atom stereocenters. The molecule has 0 spiro atoms. The third-order valence-electron chi connectivity index (χ3n) is 2.29. The van der Waals surface area contributed by atoms with Crippen LogP contribution in [0.5, 0.6) is 0 Å². The lowest BCUT2D eigenvalue weighted by Gasteiger charge is -2.22. The fourth-order valence-electron chi connectivity index (χ4n) is 1.50. The van der Waals surface area contributed by atoms with Crippen molar-refractivity contribution in [3.8, 4) is 0 Å². The Morgan fingerprint density at radius 3 is 2.67 bits per heavy atom. The van der Waals surface area contributed by atoms with E-state index in [-0.39, 0.29) is 5.54 Å². The Morgan fingerprint density at radius 2 is 2.17 bits per heavy atom. The molecule has 0 aliphatic heterocycles. The molecule has 0 atom stereocenters. The molecule has 70 valence electrons. The van der Waals surface area contributed by atoms with Gasteiger partial charge in [0.15, 0.2) is 0 Å². The Kier molecular flexibility index (Phi) is 2.92. The first kappa shape index (κ1) is 9.32. The lowest BCUT2D eigenvalue weighted by molar-refractivity contribution is 0.119. The maximum absolute atomic E-state index is 10.7. The second kappa shape index (κ2) is 3.76. The highest BCUT2D eigenvalue weighted by Crippen LogP contribution is 2.27. The van der Waals surface area contributed by atoms with Crippen LogP contribution in [0.1, 0.15) is 25.7 Å². The van der Waals surface area contributed by atoms with E-state index in [1.54, 1.807) is 7.05 Å². The molecule has 1 aliphatic carbocycles. The molecule has 0 aromatic rings. The maximum atomic E-state index is 10.7. The minimum atomic E-state index is -0.397. The highest BCUT2D eigenvalue weighted by molar-refractivity contribution is 5.66. The van der Waals surface area contributed by atoms with Gasteiger partial charge in [-0.15, -0.1) is 0 Å². The summed E-state index contributed by atoms with van der Waals surface area (Å²) >= 11 is 0. The predicted octanol–water partition coefficient (Wildman–Crippen LogP) is 0.614. The van der Waals surface area contributed by atoms with Crippen molar-refractivity contribution in [1.82, 2.24) is 5.32 Å². The molecule has 12 heavy (non-hydrogen) atoms. The number of carbonyl (C=O) groups excluding carboxylic acids is 1. The molecular weight excluding hydrogens is 156 g/mol. The van der Waals surface area contributed by atoms with Crippen molar-refractivity contribution in [2.75, 3.05) is 13.7 Å². The van der Waals surface area contributed by atoms with E-state index in [0.29, 0.717) is 6.61 Å². The molecule has 1 fully saturated rings. The van der Waals surface area contributed by atoms with Gasteiger partial charge in [0.25, 0.3) is 0 Å². The Balaban J connectivity index is 2.25. The van der Waals surface area contributed by atoms with Gasteiger partial charge in [0.2, 0.25) is 0 Å². The number of alkyl carbamates (subject to hydrolysis) is 1. The summed E-state index contributed by atoms with van der Waals surface area (Å²) in [6.07, 6.45) is 3.82. The van der Waals surface area contributed by atoms with Gasteiger partial charge in [0.1, 0.15) is 6.61 Å². The summed E-state index contributed by atoms with van der Waals surface area (Å²) in [6.45, 7) is 0.340. The summed E-state index contributed by atoms with van der Waals surface area (Å²) in [5.41, 5.74) is 5.70. The SMILES string of the molecule is CNC(=O)OCC1(N)CCCC1. The Labute approximate surface area is 72.5 Å². The smallest absolute Gasteiger partial charge is 0.406 e. The zero-order valence-corrected chi connectivity index (χ0v) is 7.43. The van der Waals surface area contributed by atoms with Gasteiger partial charge < -0.3 is 15.8 Å². The van der Waals surface area contributed by atoms with Gasteiger partial charge >= 0.3 is 6.09 Å². The van der Waals surface area contributed by atoms with Crippen LogP contribution in [0, 0.1) is 0 Å². The lowest BCUT2D eigenvalue weighted by Crippen LogP contribution is -2.43. The van der Waals surface area contributed by atoms with Gasteiger partial charge in [0.05, 0.1) is 5.54 Å². The van der Waals surface area contributed by atoms with E-state index >= 15 is 0 Å². The minimum Gasteiger partial charge on any atom is -0.448 e. The van der Waals surface area contributed by atoms with Gasteiger partial charge in [-0.25, -0.2) is 4.79 Å². The molecule has 0 radical (unpaired) electrons. The fraction of sp³-hybridized carbons (Fsp3) is 0.875. The van der Waals surface area contributed by atoms with Crippen LogP contribution in [0.4, 0.5) is 4.79 Å². The van der Waals surface area contributed by atoms with E-state index in [2.05, 4.69) is 5.32 Å². The zero-order valence-electron chi connectivity index (χ0n) is 7.43. The molecule has 0 aromatic heterocycles. The highest BCUT2D eigenvalue weighted by atomic mass is 16.5. The summed E-state index contributed by atoms with van der Waals surface area (Å²) in [4.78, 5) is 10.7. The van der Waals surface area contributed by atoms with Crippen LogP contribution in [0.2, 0.25) is 0 Å². The molecular formula is C8H16N2O2. The molecule has 1 saturated carbocycles. The average molecular weight is 172 g/mol. The van der Waals surface area contributed by atoms with E-state index in [0.717, 1.165) is 25.7 Å². The molecule has 4 heteroatoms. The van der Waals surface area contributed by atoms with Crippen LogP contribution in [0.25, 0.3) is 0 Å². The molecule has 1 rings (SSSR count). The molecule has 0 saturated heterocycles. The first-order chi connectivity index (χ1) is 5.66. The molecule has 1 amide bonds. The summed E-state index contributed by atoms with van der Waals surface area (Å²) < 4.78 is 4.90. The van der Waals surface area contributed by atoms with Crippen molar-refractivity contribution in [3.05, 3.63) is 0 Å². The number of ether oxygens (including phenoxy) is 1. The largest absolute Gasteiger partial charge is 0.448 e. The van der Waals surface area contributed by atoms with Crippen molar-refractivity contribution in [3.63, 3.8) is 0 Å². The Morgan fingerprint density at radius 1 is 1.58 bits per heavy atom. The number of amides is 1. The number of hydrogen-bond acceptors (Lipinski definition) is 3. The average Bonchev–Trinajstić information content (AvgIpc) is 2.49. The fourth-order valence-corrected chi connectivity index (χ4v) is 1.50. The summed E-state index contributed by atoms with van der Waals surface area (Å²) in [6, 6.07) is 0. The van der Waals surface area contributed by atoms with Crippen molar-refractivity contribution in [1.29, 1.82) is 0 Å². The van der Waals surface area contributed by atoms with E-state index in [4.69, 9.17) is 10.5 Å². The second-order valence-electron chi connectivity index (χ2n) is 3.40. The van der Waals surface area contributed by atoms with E-state index in [9.17, 15) is 4.79 Å². The normalized spacial score (nSPS) is 20.5. The zero-order chi connectivity index (χ0) is 9.03. The number of carbonyl (C=O) groups is 1. The van der Waals surface area contributed by atoms with Gasteiger partial charge in [-0.1, -0.05) is 12.8 Å². The van der Waals surface area contributed by atoms with Crippen LogP contribution in [-0.2, 0) is 4.74 Å². The van der Waals surface area contributed by atoms with Gasteiger partial charge in [-0.05, 0) is 12.8 Å². The second-order valence-corrected chi connectivity index (χ2v) is 3.40. The third-order valence-corrected chi connectivity index (χ3v) is 2.29. The summed E-state index contributed by atoms with van der Waals surface area (Å²) in [5.74, 6) is 0. The molecule has 4 nitrogen and oxygen atoms in total. The molecule has 0 bridgehead atoms. The molecule has 3 N–H and O–H groups in total. The van der Waals surface area contributed by atoms with Crippen LogP contribution in [0.15, 0.2) is 0 Å². The topological polar surface area (TPSA) is 64.3 Å². The Bertz CT molecular complexity index is 164. The van der Waals surface area contributed by atoms with Gasteiger partial charge in [0, 0.05) is 7.05 Å². The van der Waals surface area contributed by atoms with Crippen LogP contribution in [-0.4, -0.2) is 25.3 Å². The maximum Gasteiger partial charge on any atom is 0.406 e. The summed E-state index contributed by atoms with van der Waals surface area (Å²) in [5, 5.41) is 2.39. The third kappa shape index (κ3) is 2.37. The first-order valence-electron chi connectivity index (χ1n) is 4.30. The van der Waals surface area contributed by atoms with Crippen LogP contribution in [0.3, 0.4) is 0 Å². The predicted molar refractivity (Wildman–Crippen MR) is 45.8 cm³/mol. The van der Waals surface area contributed by atoms with E-state index < -0.39 is 6.09 Å². The van der Waals surface area contributed by atoms with Crippen LogP contribution >= 0.6 is 0 Å². The minimum absolute atomic E-state index is 0.257. The van der Waals surface area contributed by atoms with Crippen molar-refractivity contribution in [2.24, 2.45) is 5.73 Å². The first-order valence-corrected chi connectivity index (χ1v) is 4.30. The lowest BCUT2D eigenvalue weighted by atomic mass is 10.0. The number of hydrogen-bond donors (Lipinski definition) is 2. The number of nitrogens with two attached hydrogens (primary N) is 1. The molecule has 0 aromatic carbocycles. The Hall–Kier alpha value is -0.770. The van der Waals surface area contributed by atoms with Gasteiger partial charge in [-0.2, -0.15) is 0 Å². The van der Waals surface area contributed by atoms with Crippen molar-refractivity contribution < 1.29 is 9.53 Å². The number of rotatable bonds is 2. The van der Waals surface area contributed by atoms with E-state index in [1.807, 2.05) is 0 Å². The number of nitrogens with one attached hydrogen (secondary N) is 1. The summed E-state index contributed by atoms with van der Waals surface area (Å²) in [7, 11) is 1.54. The van der Waals surface area contributed by atoms with Crippen LogP contribution < -0.4 is 11.1 Å². The molecule has 0 heterocycles. The highest BCUT2D eigenvalue weighted by Gasteiger charge is 2.30. The van der Waals surface area contributed by atoms with Crippen molar-refractivity contribution >= 4 is 6.09 Å². The monoisotopic (exact) mass is 172 g/mol. The van der Waals surface area contributed by atoms with E-state index in [1.165, 1.54) is 0 Å². The quantitative estimate of drug-likeness (QED) is 0.641. The molecule has 1 aliphatic rings.